The quantitative estimate of drug-likeness (QED) is 0.895. The fourth-order valence-electron chi connectivity index (χ4n) is 1.78. The molecule has 1 fully saturated rings. The molecular weight excluding hydrogens is 352 g/mol. The van der Waals surface area contributed by atoms with Crippen LogP contribution in [0.5, 0.6) is 0 Å². The molecule has 0 bridgehead atoms. The van der Waals surface area contributed by atoms with Crippen molar-refractivity contribution in [3.05, 3.63) is 28.8 Å². The molecule has 21 heavy (non-hydrogen) atoms. The second-order valence-corrected chi connectivity index (χ2v) is 6.88. The predicted molar refractivity (Wildman–Crippen MR) is 75.3 cm³/mol. The molecule has 0 atom stereocenters. The summed E-state index contributed by atoms with van der Waals surface area (Å²) in [6.45, 7) is 0.963. The van der Waals surface area contributed by atoms with E-state index in [1.165, 1.54) is 7.05 Å². The van der Waals surface area contributed by atoms with E-state index in [1.807, 2.05) is 0 Å². The number of nitrogens with zero attached hydrogens (tertiary/aromatic N) is 1. The van der Waals surface area contributed by atoms with Gasteiger partial charge in [-0.1, -0.05) is 11.6 Å². The van der Waals surface area contributed by atoms with Gasteiger partial charge in [-0.25, -0.2) is 8.42 Å². The van der Waals surface area contributed by atoms with Crippen LogP contribution in [0.25, 0.3) is 0 Å². The molecule has 1 saturated heterocycles. The van der Waals surface area contributed by atoms with Gasteiger partial charge >= 0.3 is 6.18 Å². The van der Waals surface area contributed by atoms with Gasteiger partial charge in [-0.05, 0) is 18.2 Å². The number of alkyl halides is 3. The number of likely N-dealkylation sites (N-methyl/N-ethyl adjacent to an activating group) is 1. The normalized spacial score (nSPS) is 16.5. The average Bonchev–Trinajstić information content (AvgIpc) is 2.25. The lowest BCUT2D eigenvalue weighted by atomic mass is 10.2. The predicted octanol–water partition coefficient (Wildman–Crippen LogP) is 2.37. The highest BCUT2D eigenvalue weighted by Crippen LogP contribution is 2.36. The molecule has 1 N–H and O–H groups in total. The Bertz CT molecular complexity index is 618. The van der Waals surface area contributed by atoms with E-state index in [-0.39, 0.29) is 18.4 Å². The standard InChI is InChI=1S/C11H12ClF3N2O2S.ClH/c1-17(7-5-16-6-7)20(18,19)8-2-3-10(12)9(4-8)11(13,14)15;/h2-4,7,16H,5-6H2,1H3;1H. The van der Waals surface area contributed by atoms with Crippen LogP contribution in [0.1, 0.15) is 5.56 Å². The smallest absolute Gasteiger partial charge is 0.313 e. The molecule has 120 valence electrons. The first-order chi connectivity index (χ1) is 9.14. The molecule has 4 nitrogen and oxygen atoms in total. The highest BCUT2D eigenvalue weighted by molar-refractivity contribution is 7.89. The minimum Gasteiger partial charge on any atom is -0.313 e. The number of hydrogen-bond donors (Lipinski definition) is 1. The molecule has 10 heteroatoms. The topological polar surface area (TPSA) is 49.4 Å². The van der Waals surface area contributed by atoms with Crippen LogP contribution >= 0.6 is 24.0 Å². The first-order valence-electron chi connectivity index (χ1n) is 5.69. The van der Waals surface area contributed by atoms with E-state index in [9.17, 15) is 21.6 Å². The van der Waals surface area contributed by atoms with Crippen LogP contribution in [0.4, 0.5) is 13.2 Å². The summed E-state index contributed by atoms with van der Waals surface area (Å²) in [5.41, 5.74) is -1.15. The zero-order valence-corrected chi connectivity index (χ0v) is 13.2. The van der Waals surface area contributed by atoms with Gasteiger partial charge in [0.2, 0.25) is 10.0 Å². The third-order valence-corrected chi connectivity index (χ3v) is 5.43. The van der Waals surface area contributed by atoms with Crippen LogP contribution in [0.3, 0.4) is 0 Å². The molecule has 1 aliphatic rings. The molecule has 1 aliphatic heterocycles. The monoisotopic (exact) mass is 364 g/mol. The second-order valence-electron chi connectivity index (χ2n) is 4.47. The Hall–Kier alpha value is -0.540. The van der Waals surface area contributed by atoms with E-state index >= 15 is 0 Å². The maximum Gasteiger partial charge on any atom is 0.417 e. The Labute approximate surface area is 131 Å². The van der Waals surface area contributed by atoms with Crippen LogP contribution in [0, 0.1) is 0 Å². The van der Waals surface area contributed by atoms with Gasteiger partial charge in [-0.2, -0.15) is 17.5 Å². The van der Waals surface area contributed by atoms with Gasteiger partial charge in [-0.3, -0.25) is 0 Å². The third-order valence-electron chi connectivity index (χ3n) is 3.19. The van der Waals surface area contributed by atoms with Crippen molar-refractivity contribution in [1.82, 2.24) is 9.62 Å². The minimum atomic E-state index is -4.70. The molecular formula is C11H13Cl2F3N2O2S. The van der Waals surface area contributed by atoms with Gasteiger partial charge in [0.15, 0.2) is 0 Å². The molecule has 2 rings (SSSR count). The van der Waals surface area contributed by atoms with E-state index < -0.39 is 31.7 Å². The molecule has 0 aromatic heterocycles. The summed E-state index contributed by atoms with van der Waals surface area (Å²) in [5.74, 6) is 0. The molecule has 0 unspecified atom stereocenters. The number of rotatable bonds is 3. The van der Waals surface area contributed by atoms with Crippen molar-refractivity contribution >= 4 is 34.0 Å². The van der Waals surface area contributed by atoms with E-state index in [1.54, 1.807) is 0 Å². The average molecular weight is 365 g/mol. The van der Waals surface area contributed by atoms with Crippen LogP contribution in [-0.4, -0.2) is 38.9 Å². The largest absolute Gasteiger partial charge is 0.417 e. The van der Waals surface area contributed by atoms with E-state index in [2.05, 4.69) is 5.32 Å². The minimum absolute atomic E-state index is 0. The number of sulfonamides is 1. The molecule has 1 heterocycles. The Balaban J connectivity index is 0.00000220. The number of benzene rings is 1. The first kappa shape index (κ1) is 18.5. The van der Waals surface area contributed by atoms with Crippen LogP contribution in [-0.2, 0) is 16.2 Å². The molecule has 1 aromatic carbocycles. The third kappa shape index (κ3) is 3.62. The summed E-state index contributed by atoms with van der Waals surface area (Å²) in [7, 11) is -2.61. The Kier molecular flexibility index (Phi) is 5.55. The molecule has 0 saturated carbocycles. The van der Waals surface area contributed by atoms with E-state index in [4.69, 9.17) is 11.6 Å². The fourth-order valence-corrected chi connectivity index (χ4v) is 3.38. The lowest BCUT2D eigenvalue weighted by molar-refractivity contribution is -0.137. The van der Waals surface area contributed by atoms with Crippen molar-refractivity contribution in [3.63, 3.8) is 0 Å². The Morgan fingerprint density at radius 3 is 2.33 bits per heavy atom. The van der Waals surface area contributed by atoms with Crippen LogP contribution in [0.15, 0.2) is 23.1 Å². The van der Waals surface area contributed by atoms with Crippen molar-refractivity contribution in [3.8, 4) is 0 Å². The summed E-state index contributed by atoms with van der Waals surface area (Å²) in [5, 5.41) is 2.38. The summed E-state index contributed by atoms with van der Waals surface area (Å²) < 4.78 is 63.8. The van der Waals surface area contributed by atoms with Gasteiger partial charge in [0.05, 0.1) is 15.5 Å². The van der Waals surface area contributed by atoms with Crippen molar-refractivity contribution < 1.29 is 21.6 Å². The zero-order chi connectivity index (χ0) is 15.1. The molecule has 0 radical (unpaired) electrons. The number of halogens is 5. The maximum absolute atomic E-state index is 12.8. The van der Waals surface area contributed by atoms with Crippen LogP contribution < -0.4 is 5.32 Å². The highest BCUT2D eigenvalue weighted by Gasteiger charge is 2.36. The first-order valence-corrected chi connectivity index (χ1v) is 7.51. The fraction of sp³-hybridized carbons (Fsp3) is 0.455. The Morgan fingerprint density at radius 2 is 1.90 bits per heavy atom. The summed E-state index contributed by atoms with van der Waals surface area (Å²) in [4.78, 5) is -0.413. The lowest BCUT2D eigenvalue weighted by Crippen LogP contribution is -2.57. The number of nitrogens with one attached hydrogen (secondary N) is 1. The van der Waals surface area contributed by atoms with E-state index in [0.717, 1.165) is 16.4 Å². The SMILES string of the molecule is CN(C1CNC1)S(=O)(=O)c1ccc(Cl)c(C(F)(F)F)c1.Cl. The lowest BCUT2D eigenvalue weighted by Gasteiger charge is -2.34. The molecule has 0 amide bonds. The molecule has 1 aromatic rings. The van der Waals surface area contributed by atoms with Gasteiger partial charge in [0.1, 0.15) is 0 Å². The summed E-state index contributed by atoms with van der Waals surface area (Å²) >= 11 is 5.47. The van der Waals surface area contributed by atoms with Crippen molar-refractivity contribution in [2.45, 2.75) is 17.1 Å². The van der Waals surface area contributed by atoms with Gasteiger partial charge in [0.25, 0.3) is 0 Å². The second kappa shape index (κ2) is 6.29. The van der Waals surface area contributed by atoms with Gasteiger partial charge < -0.3 is 5.32 Å². The van der Waals surface area contributed by atoms with Crippen molar-refractivity contribution in [1.29, 1.82) is 0 Å². The maximum atomic E-state index is 12.8. The number of hydrogen-bond acceptors (Lipinski definition) is 3. The zero-order valence-electron chi connectivity index (χ0n) is 10.8. The Morgan fingerprint density at radius 1 is 1.33 bits per heavy atom. The summed E-state index contributed by atoms with van der Waals surface area (Å²) in [6.07, 6.45) is -4.70. The van der Waals surface area contributed by atoms with Crippen LogP contribution in [0.2, 0.25) is 5.02 Å². The molecule has 0 spiro atoms. The van der Waals surface area contributed by atoms with Gasteiger partial charge in [0, 0.05) is 26.2 Å². The van der Waals surface area contributed by atoms with Crippen molar-refractivity contribution in [2.24, 2.45) is 0 Å². The van der Waals surface area contributed by atoms with Gasteiger partial charge in [-0.15, -0.1) is 12.4 Å². The summed E-state index contributed by atoms with van der Waals surface area (Å²) in [6, 6.07) is 2.35. The van der Waals surface area contributed by atoms with E-state index in [0.29, 0.717) is 19.2 Å². The molecule has 0 aliphatic carbocycles. The highest BCUT2D eigenvalue weighted by atomic mass is 35.5. The van der Waals surface area contributed by atoms with Crippen molar-refractivity contribution in [2.75, 3.05) is 20.1 Å².